The summed E-state index contributed by atoms with van der Waals surface area (Å²) in [5.74, 6) is -1.11. The minimum absolute atomic E-state index is 0.253. The number of nitrogens with one attached hydrogen (secondary N) is 1. The highest BCUT2D eigenvalue weighted by Crippen LogP contribution is 2.07. The Hall–Kier alpha value is -2.04. The summed E-state index contributed by atoms with van der Waals surface area (Å²) >= 11 is 0. The average molecular weight is 279 g/mol. The van der Waals surface area contributed by atoms with Crippen LogP contribution in [0.1, 0.15) is 31.7 Å². The van der Waals surface area contributed by atoms with Gasteiger partial charge >= 0.3 is 12.1 Å². The Morgan fingerprint density at radius 1 is 1.25 bits per heavy atom. The molecule has 5 nitrogen and oxygen atoms in total. The Balaban J connectivity index is 2.05. The maximum atomic E-state index is 11.4. The molecule has 1 unspecified atom stereocenters. The van der Waals surface area contributed by atoms with E-state index in [2.05, 4.69) is 5.32 Å². The van der Waals surface area contributed by atoms with Crippen molar-refractivity contribution in [2.24, 2.45) is 5.92 Å². The van der Waals surface area contributed by atoms with Crippen molar-refractivity contribution in [3.63, 3.8) is 0 Å². The van der Waals surface area contributed by atoms with Gasteiger partial charge < -0.3 is 15.2 Å². The maximum Gasteiger partial charge on any atom is 0.407 e. The van der Waals surface area contributed by atoms with Crippen LogP contribution < -0.4 is 5.32 Å². The molecule has 0 bridgehead atoms. The van der Waals surface area contributed by atoms with E-state index in [0.717, 1.165) is 18.4 Å². The Bertz CT molecular complexity index is 419. The van der Waals surface area contributed by atoms with Crippen LogP contribution in [0.15, 0.2) is 30.3 Å². The summed E-state index contributed by atoms with van der Waals surface area (Å²) < 4.78 is 5.05. The van der Waals surface area contributed by atoms with Gasteiger partial charge in [-0.3, -0.25) is 4.79 Å². The molecule has 0 heterocycles. The molecular formula is C15H21NO4. The van der Waals surface area contributed by atoms with Crippen molar-refractivity contribution in [2.75, 3.05) is 6.54 Å². The molecule has 1 amide bonds. The minimum Gasteiger partial charge on any atom is -0.481 e. The quantitative estimate of drug-likeness (QED) is 0.717. The van der Waals surface area contributed by atoms with Crippen LogP contribution in [0.3, 0.4) is 0 Å². The smallest absolute Gasteiger partial charge is 0.407 e. The van der Waals surface area contributed by atoms with Gasteiger partial charge in [-0.1, -0.05) is 43.7 Å². The molecule has 1 aromatic rings. The SMILES string of the molecule is CC(CCCCNC(=O)OCc1ccccc1)C(=O)O. The third-order valence-corrected chi connectivity index (χ3v) is 2.97. The molecule has 0 saturated heterocycles. The normalized spacial score (nSPS) is 11.7. The topological polar surface area (TPSA) is 75.6 Å². The second-order valence-electron chi connectivity index (χ2n) is 4.72. The van der Waals surface area contributed by atoms with Gasteiger partial charge in [0.2, 0.25) is 0 Å². The molecule has 110 valence electrons. The molecule has 1 atom stereocenters. The molecule has 0 radical (unpaired) electrons. The first-order valence-corrected chi connectivity index (χ1v) is 6.77. The van der Waals surface area contributed by atoms with Crippen molar-refractivity contribution in [1.29, 1.82) is 0 Å². The number of ether oxygens (including phenoxy) is 1. The number of benzene rings is 1. The zero-order valence-corrected chi connectivity index (χ0v) is 11.7. The van der Waals surface area contributed by atoms with Crippen LogP contribution in [0.4, 0.5) is 4.79 Å². The minimum atomic E-state index is -0.778. The number of rotatable bonds is 8. The molecular weight excluding hydrogens is 258 g/mol. The number of carbonyl (C=O) groups is 2. The Morgan fingerprint density at radius 3 is 2.60 bits per heavy atom. The molecule has 20 heavy (non-hydrogen) atoms. The Labute approximate surface area is 118 Å². The van der Waals surface area contributed by atoms with E-state index >= 15 is 0 Å². The zero-order valence-electron chi connectivity index (χ0n) is 11.7. The van der Waals surface area contributed by atoms with Crippen LogP contribution in [0, 0.1) is 5.92 Å². The van der Waals surface area contributed by atoms with Crippen LogP contribution in [0.2, 0.25) is 0 Å². The molecule has 1 rings (SSSR count). The van der Waals surface area contributed by atoms with Crippen LogP contribution in [0.5, 0.6) is 0 Å². The number of aliphatic carboxylic acids is 1. The van der Waals surface area contributed by atoms with Gasteiger partial charge in [-0.05, 0) is 18.4 Å². The van der Waals surface area contributed by atoms with Crippen molar-refractivity contribution in [3.8, 4) is 0 Å². The molecule has 0 aliphatic rings. The van der Waals surface area contributed by atoms with E-state index < -0.39 is 12.1 Å². The van der Waals surface area contributed by atoms with Crippen molar-refractivity contribution in [3.05, 3.63) is 35.9 Å². The fourth-order valence-electron chi connectivity index (χ4n) is 1.66. The van der Waals surface area contributed by atoms with Crippen molar-refractivity contribution in [1.82, 2.24) is 5.32 Å². The molecule has 0 fully saturated rings. The van der Waals surface area contributed by atoms with Crippen LogP contribution >= 0.6 is 0 Å². The molecule has 1 aromatic carbocycles. The maximum absolute atomic E-state index is 11.4. The predicted molar refractivity (Wildman–Crippen MR) is 75.3 cm³/mol. The first-order chi connectivity index (χ1) is 9.59. The van der Waals surface area contributed by atoms with E-state index in [1.165, 1.54) is 0 Å². The number of amides is 1. The number of unbranched alkanes of at least 4 members (excludes halogenated alkanes) is 1. The number of alkyl carbamates (subject to hydrolysis) is 1. The fraction of sp³-hybridized carbons (Fsp3) is 0.467. The first-order valence-electron chi connectivity index (χ1n) is 6.77. The first kappa shape index (κ1) is 16.0. The summed E-state index contributed by atoms with van der Waals surface area (Å²) in [5.41, 5.74) is 0.943. The second kappa shape index (κ2) is 8.96. The Kier molecular flexibility index (Phi) is 7.17. The number of hydrogen-bond acceptors (Lipinski definition) is 3. The third-order valence-electron chi connectivity index (χ3n) is 2.97. The molecule has 0 aliphatic carbocycles. The van der Waals surface area contributed by atoms with Crippen molar-refractivity contribution < 1.29 is 19.4 Å². The van der Waals surface area contributed by atoms with Gasteiger partial charge in [0.25, 0.3) is 0 Å². The van der Waals surface area contributed by atoms with Gasteiger partial charge in [0.05, 0.1) is 5.92 Å². The van der Waals surface area contributed by atoms with Crippen LogP contribution in [-0.2, 0) is 16.1 Å². The van der Waals surface area contributed by atoms with E-state index in [4.69, 9.17) is 9.84 Å². The van der Waals surface area contributed by atoms with E-state index in [1.807, 2.05) is 30.3 Å². The van der Waals surface area contributed by atoms with E-state index in [0.29, 0.717) is 13.0 Å². The van der Waals surface area contributed by atoms with Gasteiger partial charge in [0.15, 0.2) is 0 Å². The lowest BCUT2D eigenvalue weighted by molar-refractivity contribution is -0.141. The van der Waals surface area contributed by atoms with Gasteiger partial charge in [-0.25, -0.2) is 4.79 Å². The summed E-state index contributed by atoms with van der Waals surface area (Å²) in [6.07, 6.45) is 1.70. The zero-order chi connectivity index (χ0) is 14.8. The lowest BCUT2D eigenvalue weighted by Gasteiger charge is -2.08. The Morgan fingerprint density at radius 2 is 1.95 bits per heavy atom. The molecule has 0 aliphatic heterocycles. The number of carboxylic acid groups (broad SMARTS) is 1. The van der Waals surface area contributed by atoms with Gasteiger partial charge in [-0.15, -0.1) is 0 Å². The van der Waals surface area contributed by atoms with Crippen molar-refractivity contribution >= 4 is 12.1 Å². The van der Waals surface area contributed by atoms with Crippen LogP contribution in [0.25, 0.3) is 0 Å². The predicted octanol–water partition coefficient (Wildman–Crippen LogP) is 2.80. The van der Waals surface area contributed by atoms with E-state index in [1.54, 1.807) is 6.92 Å². The van der Waals surface area contributed by atoms with Gasteiger partial charge in [-0.2, -0.15) is 0 Å². The lowest BCUT2D eigenvalue weighted by Crippen LogP contribution is -2.25. The summed E-state index contributed by atoms with van der Waals surface area (Å²) in [4.78, 5) is 22.0. The standard InChI is InChI=1S/C15H21NO4/c1-12(14(17)18)7-5-6-10-16-15(19)20-11-13-8-3-2-4-9-13/h2-4,8-9,12H,5-7,10-11H2,1H3,(H,16,19)(H,17,18). The van der Waals surface area contributed by atoms with Crippen molar-refractivity contribution in [2.45, 2.75) is 32.8 Å². The molecule has 2 N–H and O–H groups in total. The molecule has 0 aromatic heterocycles. The van der Waals surface area contributed by atoms with Gasteiger partial charge in [0.1, 0.15) is 6.61 Å². The van der Waals surface area contributed by atoms with E-state index in [-0.39, 0.29) is 12.5 Å². The largest absolute Gasteiger partial charge is 0.481 e. The van der Waals surface area contributed by atoms with Gasteiger partial charge in [0, 0.05) is 6.54 Å². The molecule has 5 heteroatoms. The second-order valence-corrected chi connectivity index (χ2v) is 4.72. The average Bonchev–Trinajstić information content (AvgIpc) is 2.45. The molecule has 0 spiro atoms. The third kappa shape index (κ3) is 6.78. The number of carboxylic acids is 1. The fourth-order valence-corrected chi connectivity index (χ4v) is 1.66. The molecule has 0 saturated carbocycles. The summed E-state index contributed by atoms with van der Waals surface area (Å²) in [7, 11) is 0. The highest BCUT2D eigenvalue weighted by Gasteiger charge is 2.09. The number of hydrogen-bond donors (Lipinski definition) is 2. The monoisotopic (exact) mass is 279 g/mol. The summed E-state index contributed by atoms with van der Waals surface area (Å²) in [5, 5.41) is 11.4. The summed E-state index contributed by atoms with van der Waals surface area (Å²) in [6.45, 7) is 2.44. The summed E-state index contributed by atoms with van der Waals surface area (Å²) in [6, 6.07) is 9.46. The lowest BCUT2D eigenvalue weighted by atomic mass is 10.0. The van der Waals surface area contributed by atoms with Crippen LogP contribution in [-0.4, -0.2) is 23.7 Å². The highest BCUT2D eigenvalue weighted by molar-refractivity contribution is 5.69. The highest BCUT2D eigenvalue weighted by atomic mass is 16.5. The number of carbonyl (C=O) groups excluding carboxylic acids is 1. The van der Waals surface area contributed by atoms with E-state index in [9.17, 15) is 9.59 Å².